The Kier molecular flexibility index (Phi) is 8.08. The minimum absolute atomic E-state index is 1.15. The van der Waals surface area contributed by atoms with Gasteiger partial charge in [-0.2, -0.15) is 0 Å². The van der Waals surface area contributed by atoms with E-state index in [9.17, 15) is 0 Å². The van der Waals surface area contributed by atoms with Gasteiger partial charge in [0.05, 0.1) is 0 Å². The average Bonchev–Trinajstić information content (AvgIpc) is 3.23. The van der Waals surface area contributed by atoms with Gasteiger partial charge < -0.3 is 9.80 Å². The quantitative estimate of drug-likeness (QED) is 0.158. The van der Waals surface area contributed by atoms with Crippen LogP contribution in [0.3, 0.4) is 0 Å². The second-order valence-corrected chi connectivity index (χ2v) is 15.1. The predicted octanol–water partition coefficient (Wildman–Crippen LogP) is 15.6. The summed E-state index contributed by atoms with van der Waals surface area (Å²) in [5.41, 5.74) is 12.0. The second kappa shape index (κ2) is 13.4. The van der Waals surface area contributed by atoms with Crippen LogP contribution in [0.5, 0.6) is 0 Å². The summed E-state index contributed by atoms with van der Waals surface area (Å²) < 4.78 is 0. The Morgan fingerprint density at radius 2 is 0.518 bits per heavy atom. The lowest BCUT2D eigenvalue weighted by atomic mass is 9.86. The zero-order valence-corrected chi connectivity index (χ0v) is 32.2. The zero-order chi connectivity index (χ0) is 37.9. The van der Waals surface area contributed by atoms with Crippen LogP contribution in [0.4, 0.5) is 34.1 Å². The van der Waals surface area contributed by atoms with E-state index in [1.807, 2.05) is 0 Å². The van der Waals surface area contributed by atoms with Gasteiger partial charge in [-0.3, -0.25) is 0 Å². The summed E-state index contributed by atoms with van der Waals surface area (Å²) in [4.78, 5) is 4.86. The summed E-state index contributed by atoms with van der Waals surface area (Å²) in [5.74, 6) is 0. The number of aryl methyl sites for hydroxylation is 4. The van der Waals surface area contributed by atoms with Gasteiger partial charge in [0.15, 0.2) is 0 Å². The molecule has 0 fully saturated rings. The van der Waals surface area contributed by atoms with Gasteiger partial charge in [0, 0.05) is 34.1 Å². The van der Waals surface area contributed by atoms with Crippen molar-refractivity contribution in [3.8, 4) is 0 Å². The van der Waals surface area contributed by atoms with Crippen LogP contribution in [0.15, 0.2) is 182 Å². The Hall–Kier alpha value is -6.90. The minimum Gasteiger partial charge on any atom is -0.310 e. The van der Waals surface area contributed by atoms with Crippen molar-refractivity contribution in [1.29, 1.82) is 0 Å². The molecule has 10 aromatic carbocycles. The molecule has 0 unspecified atom stereocenters. The molecular formula is C54H42N2. The SMILES string of the molecule is Cc1ccccc1N(c1ccc2c(c1)c1ccccc1c1c3ccc(N(c4ccccc4C)c4ccccc4C)cc3c3ccccc3c21)c1ccccc1C. The molecule has 2 heteroatoms. The summed E-state index contributed by atoms with van der Waals surface area (Å²) in [6.07, 6.45) is 0. The lowest BCUT2D eigenvalue weighted by molar-refractivity contribution is 1.23. The van der Waals surface area contributed by atoms with Crippen LogP contribution < -0.4 is 9.80 Å². The fourth-order valence-electron chi connectivity index (χ4n) is 9.00. The molecule has 0 saturated heterocycles. The molecule has 0 saturated carbocycles. The van der Waals surface area contributed by atoms with E-state index in [0.717, 1.165) is 11.4 Å². The Balaban J connectivity index is 1.28. The molecule has 0 aliphatic carbocycles. The van der Waals surface area contributed by atoms with Crippen LogP contribution in [-0.2, 0) is 0 Å². The number of fused-ring (bicyclic) bond motifs is 11. The van der Waals surface area contributed by atoms with Gasteiger partial charge in [-0.15, -0.1) is 0 Å². The van der Waals surface area contributed by atoms with E-state index >= 15 is 0 Å². The maximum absolute atomic E-state index is 2.43. The van der Waals surface area contributed by atoms with E-state index in [0.29, 0.717) is 0 Å². The predicted molar refractivity (Wildman–Crippen MR) is 242 cm³/mol. The van der Waals surface area contributed by atoms with E-state index in [4.69, 9.17) is 0 Å². The molecule has 0 bridgehead atoms. The third-order valence-electron chi connectivity index (χ3n) is 11.7. The van der Waals surface area contributed by atoms with Crippen molar-refractivity contribution in [1.82, 2.24) is 0 Å². The van der Waals surface area contributed by atoms with E-state index in [1.165, 1.54) is 98.9 Å². The van der Waals surface area contributed by atoms with Gasteiger partial charge in [-0.05, 0) is 152 Å². The molecule has 0 aliphatic rings. The first-order chi connectivity index (χ1) is 27.5. The Morgan fingerprint density at radius 3 is 0.839 bits per heavy atom. The molecule has 0 aliphatic heterocycles. The Morgan fingerprint density at radius 1 is 0.250 bits per heavy atom. The fourth-order valence-corrected chi connectivity index (χ4v) is 9.00. The van der Waals surface area contributed by atoms with Gasteiger partial charge in [0.2, 0.25) is 0 Å². The molecule has 0 atom stereocenters. The van der Waals surface area contributed by atoms with Crippen molar-refractivity contribution < 1.29 is 0 Å². The van der Waals surface area contributed by atoms with Gasteiger partial charge in [0.1, 0.15) is 0 Å². The highest BCUT2D eigenvalue weighted by atomic mass is 15.2. The van der Waals surface area contributed by atoms with Crippen molar-refractivity contribution in [2.45, 2.75) is 27.7 Å². The topological polar surface area (TPSA) is 6.48 Å². The molecule has 268 valence electrons. The van der Waals surface area contributed by atoms with Gasteiger partial charge in [-0.1, -0.05) is 133 Å². The number of rotatable bonds is 6. The summed E-state index contributed by atoms with van der Waals surface area (Å²) in [6.45, 7) is 8.81. The van der Waals surface area contributed by atoms with Crippen molar-refractivity contribution in [3.63, 3.8) is 0 Å². The smallest absolute Gasteiger partial charge is 0.0490 e. The Labute approximate surface area is 328 Å². The standard InChI is InChI=1S/C54H42N2/c1-35-17-5-13-25-49(35)55(50-26-14-6-18-36(50)2)39-29-31-45-47(33-39)41-21-9-11-23-43(41)54-46-32-30-40(34-48(46)42-22-10-12-24-44(42)53(45)54)56(51-27-15-7-19-37(51)3)52-28-16-8-20-38(52)4/h5-34H,1-4H3. The molecule has 10 rings (SSSR count). The van der Waals surface area contributed by atoms with Gasteiger partial charge >= 0.3 is 0 Å². The number of hydrogen-bond donors (Lipinski definition) is 0. The molecule has 0 aromatic heterocycles. The summed E-state index contributed by atoms with van der Waals surface area (Å²) in [7, 11) is 0. The normalized spacial score (nSPS) is 11.6. The van der Waals surface area contributed by atoms with E-state index < -0.39 is 0 Å². The monoisotopic (exact) mass is 718 g/mol. The van der Waals surface area contributed by atoms with Crippen molar-refractivity contribution in [2.24, 2.45) is 0 Å². The number of benzene rings is 10. The van der Waals surface area contributed by atoms with Crippen molar-refractivity contribution in [2.75, 3.05) is 9.80 Å². The second-order valence-electron chi connectivity index (χ2n) is 15.1. The van der Waals surface area contributed by atoms with Crippen molar-refractivity contribution >= 4 is 88.0 Å². The largest absolute Gasteiger partial charge is 0.310 e. The van der Waals surface area contributed by atoms with Crippen LogP contribution in [0, 0.1) is 27.7 Å². The Bertz CT molecular complexity index is 2850. The third-order valence-corrected chi connectivity index (χ3v) is 11.7. The number of para-hydroxylation sites is 4. The van der Waals surface area contributed by atoms with Crippen LogP contribution >= 0.6 is 0 Å². The summed E-state index contributed by atoms with van der Waals surface area (Å²) >= 11 is 0. The van der Waals surface area contributed by atoms with Gasteiger partial charge in [0.25, 0.3) is 0 Å². The van der Waals surface area contributed by atoms with E-state index in [-0.39, 0.29) is 0 Å². The first-order valence-electron chi connectivity index (χ1n) is 19.5. The van der Waals surface area contributed by atoms with Crippen LogP contribution in [0.25, 0.3) is 53.9 Å². The molecule has 2 nitrogen and oxygen atoms in total. The lowest BCUT2D eigenvalue weighted by Crippen LogP contribution is -2.12. The number of hydrogen-bond acceptors (Lipinski definition) is 2. The molecule has 0 heterocycles. The average molecular weight is 719 g/mol. The molecule has 10 aromatic rings. The van der Waals surface area contributed by atoms with E-state index in [2.05, 4.69) is 219 Å². The highest BCUT2D eigenvalue weighted by Gasteiger charge is 2.22. The number of nitrogens with zero attached hydrogens (tertiary/aromatic N) is 2. The summed E-state index contributed by atoms with van der Waals surface area (Å²) in [6, 6.07) is 67.0. The van der Waals surface area contributed by atoms with Crippen LogP contribution in [0.1, 0.15) is 22.3 Å². The molecule has 0 N–H and O–H groups in total. The third kappa shape index (κ3) is 5.33. The highest BCUT2D eigenvalue weighted by Crippen LogP contribution is 2.48. The molecule has 0 amide bonds. The molecule has 0 radical (unpaired) electrons. The van der Waals surface area contributed by atoms with E-state index in [1.54, 1.807) is 0 Å². The fraction of sp³-hybridized carbons (Fsp3) is 0.0741. The van der Waals surface area contributed by atoms with Crippen molar-refractivity contribution in [3.05, 3.63) is 204 Å². The minimum atomic E-state index is 1.15. The molecule has 0 spiro atoms. The summed E-state index contributed by atoms with van der Waals surface area (Å²) in [5, 5.41) is 12.7. The van der Waals surface area contributed by atoms with Crippen LogP contribution in [-0.4, -0.2) is 0 Å². The number of anilines is 6. The maximum Gasteiger partial charge on any atom is 0.0490 e. The molecular weight excluding hydrogens is 677 g/mol. The first kappa shape index (κ1) is 33.7. The van der Waals surface area contributed by atoms with Crippen LogP contribution in [0.2, 0.25) is 0 Å². The zero-order valence-electron chi connectivity index (χ0n) is 32.2. The lowest BCUT2D eigenvalue weighted by Gasteiger charge is -2.29. The molecule has 56 heavy (non-hydrogen) atoms. The highest BCUT2D eigenvalue weighted by molar-refractivity contribution is 6.39. The van der Waals surface area contributed by atoms with Gasteiger partial charge in [-0.25, -0.2) is 0 Å². The maximum atomic E-state index is 2.43. The first-order valence-corrected chi connectivity index (χ1v) is 19.5.